The fourth-order valence-electron chi connectivity index (χ4n) is 5.03. The Kier molecular flexibility index (Phi) is 5.64. The van der Waals surface area contributed by atoms with Gasteiger partial charge in [-0.05, 0) is 110 Å². The average Bonchev–Trinajstić information content (AvgIpc) is 2.73. The van der Waals surface area contributed by atoms with Crippen molar-refractivity contribution < 1.29 is 14.3 Å². The molecule has 0 saturated heterocycles. The smallest absolute Gasteiger partial charge is 0.310 e. The Morgan fingerprint density at radius 3 is 2.69 bits per heavy atom. The Labute approximate surface area is 173 Å². The zero-order valence-corrected chi connectivity index (χ0v) is 18.0. The molecule has 0 spiro atoms. The van der Waals surface area contributed by atoms with E-state index in [1.807, 2.05) is 6.92 Å². The molecule has 0 aromatic heterocycles. The van der Waals surface area contributed by atoms with Crippen LogP contribution in [0.1, 0.15) is 52.3 Å². The van der Waals surface area contributed by atoms with Crippen LogP contribution >= 0.6 is 0 Å². The molecule has 0 fully saturated rings. The maximum absolute atomic E-state index is 12.5. The van der Waals surface area contributed by atoms with Crippen molar-refractivity contribution in [2.24, 2.45) is 0 Å². The number of benzene rings is 2. The second kappa shape index (κ2) is 8.19. The highest BCUT2D eigenvalue weighted by atomic mass is 16.5. The molecule has 0 radical (unpaired) electrons. The van der Waals surface area contributed by atoms with Gasteiger partial charge in [-0.2, -0.15) is 0 Å². The Balaban J connectivity index is 1.94. The fraction of sp³-hybridized carbons (Fsp3) is 0.480. The molecule has 4 nitrogen and oxygen atoms in total. The number of nitrogens with one attached hydrogen (secondary N) is 1. The molecule has 154 valence electrons. The van der Waals surface area contributed by atoms with Gasteiger partial charge in [-0.15, -0.1) is 0 Å². The first-order chi connectivity index (χ1) is 14.0. The molecule has 2 aliphatic heterocycles. The predicted molar refractivity (Wildman–Crippen MR) is 116 cm³/mol. The number of fused-ring (bicyclic) bond motifs is 2. The zero-order chi connectivity index (χ0) is 20.5. The minimum absolute atomic E-state index is 0.149. The maximum atomic E-state index is 12.5. The number of carbonyl (C=O) groups is 1. The lowest BCUT2D eigenvalue weighted by Crippen LogP contribution is -2.26. The van der Waals surface area contributed by atoms with Crippen LogP contribution in [0.15, 0.2) is 12.1 Å². The number of hydrogen-bond donors (Lipinski definition) is 1. The third-order valence-electron chi connectivity index (χ3n) is 6.53. The third-order valence-corrected chi connectivity index (χ3v) is 6.53. The molecule has 0 atom stereocenters. The van der Waals surface area contributed by atoms with Gasteiger partial charge < -0.3 is 14.8 Å². The summed E-state index contributed by atoms with van der Waals surface area (Å²) in [5.41, 5.74) is 11.5. The van der Waals surface area contributed by atoms with Crippen LogP contribution in [0.2, 0.25) is 0 Å². The van der Waals surface area contributed by atoms with Gasteiger partial charge in [0, 0.05) is 6.54 Å². The molecular formula is C25H31NO3. The first kappa shape index (κ1) is 20.0. The predicted octanol–water partition coefficient (Wildman–Crippen LogP) is 4.36. The van der Waals surface area contributed by atoms with Crippen molar-refractivity contribution in [2.45, 2.75) is 59.9 Å². The SMILES string of the molecule is CCOC(=O)Cc1c(C)c2c(c(C)c1-c1ccc3c(c1C)CCCO3)CNCC2. The second-order valence-electron chi connectivity index (χ2n) is 8.14. The van der Waals surface area contributed by atoms with Gasteiger partial charge >= 0.3 is 5.97 Å². The molecule has 1 N–H and O–H groups in total. The number of rotatable bonds is 4. The maximum Gasteiger partial charge on any atom is 0.310 e. The summed E-state index contributed by atoms with van der Waals surface area (Å²) >= 11 is 0. The molecule has 0 unspecified atom stereocenters. The van der Waals surface area contributed by atoms with Crippen molar-refractivity contribution in [3.63, 3.8) is 0 Å². The molecule has 0 aliphatic carbocycles. The number of esters is 1. The van der Waals surface area contributed by atoms with Gasteiger partial charge in [0.15, 0.2) is 0 Å². The van der Waals surface area contributed by atoms with E-state index in [1.54, 1.807) is 0 Å². The number of carbonyl (C=O) groups excluding carboxylic acids is 1. The van der Waals surface area contributed by atoms with Gasteiger partial charge in [0.2, 0.25) is 0 Å². The van der Waals surface area contributed by atoms with Gasteiger partial charge in [-0.3, -0.25) is 4.79 Å². The third kappa shape index (κ3) is 3.55. The number of ether oxygens (including phenoxy) is 2. The summed E-state index contributed by atoms with van der Waals surface area (Å²) in [6, 6.07) is 4.29. The molecule has 0 amide bonds. The summed E-state index contributed by atoms with van der Waals surface area (Å²) in [5.74, 6) is 0.863. The van der Waals surface area contributed by atoms with E-state index >= 15 is 0 Å². The largest absolute Gasteiger partial charge is 0.493 e. The van der Waals surface area contributed by atoms with E-state index in [0.717, 1.165) is 50.3 Å². The lowest BCUT2D eigenvalue weighted by molar-refractivity contribution is -0.142. The van der Waals surface area contributed by atoms with Crippen molar-refractivity contribution in [3.8, 4) is 16.9 Å². The highest BCUT2D eigenvalue weighted by Gasteiger charge is 2.26. The van der Waals surface area contributed by atoms with Crippen LogP contribution in [-0.4, -0.2) is 25.7 Å². The quantitative estimate of drug-likeness (QED) is 0.785. The van der Waals surface area contributed by atoms with E-state index in [9.17, 15) is 4.79 Å². The highest BCUT2D eigenvalue weighted by molar-refractivity contribution is 5.84. The zero-order valence-electron chi connectivity index (χ0n) is 18.0. The Bertz CT molecular complexity index is 962. The van der Waals surface area contributed by atoms with E-state index < -0.39 is 0 Å². The minimum Gasteiger partial charge on any atom is -0.493 e. The van der Waals surface area contributed by atoms with Gasteiger partial charge in [-0.25, -0.2) is 0 Å². The van der Waals surface area contributed by atoms with E-state index in [2.05, 4.69) is 38.2 Å². The first-order valence-electron chi connectivity index (χ1n) is 10.8. The Morgan fingerprint density at radius 1 is 1.07 bits per heavy atom. The van der Waals surface area contributed by atoms with Crippen LogP contribution in [0.3, 0.4) is 0 Å². The average molecular weight is 394 g/mol. The lowest BCUT2D eigenvalue weighted by atomic mass is 9.79. The van der Waals surface area contributed by atoms with Gasteiger partial charge in [0.05, 0.1) is 19.6 Å². The summed E-state index contributed by atoms with van der Waals surface area (Å²) < 4.78 is 11.2. The summed E-state index contributed by atoms with van der Waals surface area (Å²) in [6.45, 7) is 11.5. The Hall–Kier alpha value is -2.33. The molecule has 2 aromatic carbocycles. The molecule has 4 rings (SSSR count). The van der Waals surface area contributed by atoms with E-state index in [1.165, 1.54) is 44.5 Å². The first-order valence-corrected chi connectivity index (χ1v) is 10.8. The van der Waals surface area contributed by atoms with Crippen molar-refractivity contribution >= 4 is 5.97 Å². The molecular weight excluding hydrogens is 362 g/mol. The topological polar surface area (TPSA) is 47.6 Å². The van der Waals surface area contributed by atoms with Crippen molar-refractivity contribution in [2.75, 3.05) is 19.8 Å². The van der Waals surface area contributed by atoms with Gasteiger partial charge in [0.1, 0.15) is 5.75 Å². The molecule has 0 bridgehead atoms. The van der Waals surface area contributed by atoms with Crippen molar-refractivity contribution in [3.05, 3.63) is 51.1 Å². The van der Waals surface area contributed by atoms with Crippen LogP contribution in [0.25, 0.3) is 11.1 Å². The summed E-state index contributed by atoms with van der Waals surface area (Å²) in [6.07, 6.45) is 3.44. The number of hydrogen-bond acceptors (Lipinski definition) is 4. The molecule has 0 saturated carbocycles. The van der Waals surface area contributed by atoms with Crippen molar-refractivity contribution in [1.29, 1.82) is 0 Å². The fourth-order valence-corrected chi connectivity index (χ4v) is 5.03. The molecule has 4 heteroatoms. The normalized spacial score (nSPS) is 15.3. The summed E-state index contributed by atoms with van der Waals surface area (Å²) in [4.78, 5) is 12.5. The van der Waals surface area contributed by atoms with Gasteiger partial charge in [0.25, 0.3) is 0 Å². The van der Waals surface area contributed by atoms with Crippen LogP contribution in [0.4, 0.5) is 0 Å². The second-order valence-corrected chi connectivity index (χ2v) is 8.14. The minimum atomic E-state index is -0.149. The monoisotopic (exact) mass is 393 g/mol. The summed E-state index contributed by atoms with van der Waals surface area (Å²) in [7, 11) is 0. The lowest BCUT2D eigenvalue weighted by Gasteiger charge is -2.29. The molecule has 2 heterocycles. The molecule has 29 heavy (non-hydrogen) atoms. The van der Waals surface area contributed by atoms with Crippen LogP contribution in [0, 0.1) is 20.8 Å². The van der Waals surface area contributed by atoms with Crippen LogP contribution < -0.4 is 10.1 Å². The molecule has 2 aromatic rings. The standard InChI is InChI=1S/C25H31NO3/c1-5-28-24(27)13-21-15(2)18-10-11-26-14-22(18)17(4)25(21)20-8-9-23-19(16(20)3)7-6-12-29-23/h8-9,26H,5-7,10-14H2,1-4H3. The summed E-state index contributed by atoms with van der Waals surface area (Å²) in [5, 5.41) is 3.52. The van der Waals surface area contributed by atoms with Gasteiger partial charge in [-0.1, -0.05) is 6.07 Å². The molecule has 2 aliphatic rings. The van der Waals surface area contributed by atoms with E-state index in [-0.39, 0.29) is 5.97 Å². The van der Waals surface area contributed by atoms with Crippen LogP contribution in [0.5, 0.6) is 5.75 Å². The highest BCUT2D eigenvalue weighted by Crippen LogP contribution is 2.41. The van der Waals surface area contributed by atoms with Crippen LogP contribution in [-0.2, 0) is 35.3 Å². The van der Waals surface area contributed by atoms with Crippen molar-refractivity contribution in [1.82, 2.24) is 5.32 Å². The van der Waals surface area contributed by atoms with E-state index in [0.29, 0.717) is 13.0 Å². The Morgan fingerprint density at radius 2 is 1.90 bits per heavy atom. The van der Waals surface area contributed by atoms with E-state index in [4.69, 9.17) is 9.47 Å².